The van der Waals surface area contributed by atoms with Crippen LogP contribution in [0.4, 0.5) is 4.39 Å². The average molecular weight is 196 g/mol. The van der Waals surface area contributed by atoms with Gasteiger partial charge >= 0.3 is 5.97 Å². The standard InChI is InChI=1S/C11H13FO2/c1-3-14-11(13)10(12)9-7-5-4-6-8(9)2/h4-7,10H,3H2,1-2H3/t10-/m1/s1. The van der Waals surface area contributed by atoms with Crippen molar-refractivity contribution in [3.05, 3.63) is 35.4 Å². The number of ether oxygens (including phenoxy) is 1. The Morgan fingerprint density at radius 2 is 2.14 bits per heavy atom. The molecule has 0 aromatic heterocycles. The molecule has 0 aliphatic rings. The molecule has 1 atom stereocenters. The zero-order valence-corrected chi connectivity index (χ0v) is 8.29. The molecule has 0 bridgehead atoms. The van der Waals surface area contributed by atoms with Gasteiger partial charge in [0.25, 0.3) is 0 Å². The molecule has 0 amide bonds. The van der Waals surface area contributed by atoms with Gasteiger partial charge in [-0.05, 0) is 19.4 Å². The van der Waals surface area contributed by atoms with Gasteiger partial charge in [0.1, 0.15) is 0 Å². The highest BCUT2D eigenvalue weighted by Gasteiger charge is 2.21. The molecule has 0 radical (unpaired) electrons. The van der Waals surface area contributed by atoms with Crippen LogP contribution in [0, 0.1) is 6.92 Å². The van der Waals surface area contributed by atoms with Crippen LogP contribution < -0.4 is 0 Å². The van der Waals surface area contributed by atoms with E-state index in [-0.39, 0.29) is 6.61 Å². The molecule has 2 nitrogen and oxygen atoms in total. The Morgan fingerprint density at radius 3 is 2.71 bits per heavy atom. The summed E-state index contributed by atoms with van der Waals surface area (Å²) in [7, 11) is 0. The van der Waals surface area contributed by atoms with Gasteiger partial charge in [0.2, 0.25) is 6.17 Å². The van der Waals surface area contributed by atoms with Gasteiger partial charge in [-0.3, -0.25) is 0 Å². The fourth-order valence-electron chi connectivity index (χ4n) is 1.21. The fourth-order valence-corrected chi connectivity index (χ4v) is 1.21. The zero-order chi connectivity index (χ0) is 10.6. The van der Waals surface area contributed by atoms with E-state index in [9.17, 15) is 9.18 Å². The van der Waals surface area contributed by atoms with Gasteiger partial charge < -0.3 is 4.74 Å². The van der Waals surface area contributed by atoms with Gasteiger partial charge in [-0.25, -0.2) is 9.18 Å². The monoisotopic (exact) mass is 196 g/mol. The average Bonchev–Trinajstić information content (AvgIpc) is 2.18. The van der Waals surface area contributed by atoms with Gasteiger partial charge in [-0.1, -0.05) is 24.3 Å². The van der Waals surface area contributed by atoms with Crippen LogP contribution in [0.15, 0.2) is 24.3 Å². The quantitative estimate of drug-likeness (QED) is 0.694. The minimum absolute atomic E-state index is 0.200. The van der Waals surface area contributed by atoms with Crippen LogP contribution in [0.2, 0.25) is 0 Å². The molecule has 0 saturated heterocycles. The molecule has 0 fully saturated rings. The second kappa shape index (κ2) is 4.74. The number of halogens is 1. The fraction of sp³-hybridized carbons (Fsp3) is 0.364. The van der Waals surface area contributed by atoms with Crippen molar-refractivity contribution >= 4 is 5.97 Å². The second-order valence-electron chi connectivity index (χ2n) is 2.97. The lowest BCUT2D eigenvalue weighted by molar-refractivity contribution is -0.149. The molecule has 0 saturated carbocycles. The van der Waals surface area contributed by atoms with E-state index in [4.69, 9.17) is 0 Å². The number of hydrogen-bond donors (Lipinski definition) is 0. The number of aryl methyl sites for hydroxylation is 1. The molecule has 14 heavy (non-hydrogen) atoms. The van der Waals surface area contributed by atoms with E-state index in [1.807, 2.05) is 0 Å². The minimum Gasteiger partial charge on any atom is -0.464 e. The Morgan fingerprint density at radius 1 is 1.50 bits per heavy atom. The van der Waals surface area contributed by atoms with Gasteiger partial charge in [0.05, 0.1) is 6.61 Å². The van der Waals surface area contributed by atoms with Crippen molar-refractivity contribution in [3.8, 4) is 0 Å². The molecule has 1 aromatic rings. The summed E-state index contributed by atoms with van der Waals surface area (Å²) in [5.41, 5.74) is 1.14. The largest absolute Gasteiger partial charge is 0.464 e. The van der Waals surface area contributed by atoms with Gasteiger partial charge in [-0.15, -0.1) is 0 Å². The van der Waals surface area contributed by atoms with Crippen molar-refractivity contribution in [2.75, 3.05) is 6.61 Å². The topological polar surface area (TPSA) is 26.3 Å². The first-order chi connectivity index (χ1) is 6.66. The van der Waals surface area contributed by atoms with Crippen molar-refractivity contribution in [3.63, 3.8) is 0 Å². The van der Waals surface area contributed by atoms with Crippen molar-refractivity contribution in [1.82, 2.24) is 0 Å². The third-order valence-corrected chi connectivity index (χ3v) is 1.96. The second-order valence-corrected chi connectivity index (χ2v) is 2.97. The third-order valence-electron chi connectivity index (χ3n) is 1.96. The van der Waals surface area contributed by atoms with E-state index < -0.39 is 12.1 Å². The lowest BCUT2D eigenvalue weighted by Gasteiger charge is -2.09. The van der Waals surface area contributed by atoms with E-state index in [2.05, 4.69) is 4.74 Å². The first-order valence-electron chi connectivity index (χ1n) is 4.53. The highest BCUT2D eigenvalue weighted by atomic mass is 19.1. The number of esters is 1. The van der Waals surface area contributed by atoms with Crippen LogP contribution in [0.5, 0.6) is 0 Å². The number of carbonyl (C=O) groups is 1. The summed E-state index contributed by atoms with van der Waals surface area (Å²) in [5, 5.41) is 0. The number of carbonyl (C=O) groups excluding carboxylic acids is 1. The van der Waals surface area contributed by atoms with Crippen molar-refractivity contribution in [2.45, 2.75) is 20.0 Å². The number of alkyl halides is 1. The number of rotatable bonds is 3. The van der Waals surface area contributed by atoms with Gasteiger partial charge in [0, 0.05) is 5.56 Å². The highest BCUT2D eigenvalue weighted by Crippen LogP contribution is 2.22. The summed E-state index contributed by atoms with van der Waals surface area (Å²) in [6, 6.07) is 6.86. The Hall–Kier alpha value is -1.38. The molecule has 0 aliphatic heterocycles. The lowest BCUT2D eigenvalue weighted by atomic mass is 10.0. The lowest BCUT2D eigenvalue weighted by Crippen LogP contribution is -2.12. The molecule has 0 N–H and O–H groups in total. The summed E-state index contributed by atoms with van der Waals surface area (Å²) in [6.45, 7) is 3.62. The van der Waals surface area contributed by atoms with Crippen molar-refractivity contribution in [2.24, 2.45) is 0 Å². The molecule has 1 rings (SSSR count). The van der Waals surface area contributed by atoms with Crippen LogP contribution in [-0.4, -0.2) is 12.6 Å². The Kier molecular flexibility index (Phi) is 3.63. The van der Waals surface area contributed by atoms with Gasteiger partial charge in [-0.2, -0.15) is 0 Å². The minimum atomic E-state index is -1.67. The molecule has 76 valence electrons. The summed E-state index contributed by atoms with van der Waals surface area (Å²) >= 11 is 0. The summed E-state index contributed by atoms with van der Waals surface area (Å²) in [6.07, 6.45) is -1.67. The predicted molar refractivity (Wildman–Crippen MR) is 51.7 cm³/mol. The maximum atomic E-state index is 13.5. The predicted octanol–water partition coefficient (Wildman–Crippen LogP) is 2.57. The van der Waals surface area contributed by atoms with E-state index in [0.717, 1.165) is 5.56 Å². The van der Waals surface area contributed by atoms with E-state index in [0.29, 0.717) is 5.56 Å². The first-order valence-corrected chi connectivity index (χ1v) is 4.53. The number of benzene rings is 1. The Bertz CT molecular complexity index is 323. The molecule has 0 spiro atoms. The zero-order valence-electron chi connectivity index (χ0n) is 8.29. The number of hydrogen-bond acceptors (Lipinski definition) is 2. The van der Waals surface area contributed by atoms with Crippen molar-refractivity contribution in [1.29, 1.82) is 0 Å². The molecule has 3 heteroatoms. The molecule has 0 aliphatic carbocycles. The van der Waals surface area contributed by atoms with E-state index >= 15 is 0 Å². The van der Waals surface area contributed by atoms with Crippen LogP contribution in [0.3, 0.4) is 0 Å². The third kappa shape index (κ3) is 2.31. The van der Waals surface area contributed by atoms with Crippen LogP contribution in [-0.2, 0) is 9.53 Å². The van der Waals surface area contributed by atoms with E-state index in [1.165, 1.54) is 0 Å². The summed E-state index contributed by atoms with van der Waals surface area (Å²) in [4.78, 5) is 11.1. The first kappa shape index (κ1) is 10.7. The maximum Gasteiger partial charge on any atom is 0.345 e. The van der Waals surface area contributed by atoms with Crippen LogP contribution in [0.25, 0.3) is 0 Å². The molecule has 0 unspecified atom stereocenters. The van der Waals surface area contributed by atoms with Crippen molar-refractivity contribution < 1.29 is 13.9 Å². The normalized spacial score (nSPS) is 12.2. The Balaban J connectivity index is 2.84. The summed E-state index contributed by atoms with van der Waals surface area (Å²) in [5.74, 6) is -0.818. The van der Waals surface area contributed by atoms with E-state index in [1.54, 1.807) is 38.1 Å². The molecular weight excluding hydrogens is 183 g/mol. The van der Waals surface area contributed by atoms with Gasteiger partial charge in [0.15, 0.2) is 0 Å². The molecule has 0 heterocycles. The SMILES string of the molecule is CCOC(=O)[C@H](F)c1ccccc1C. The van der Waals surface area contributed by atoms with Crippen LogP contribution >= 0.6 is 0 Å². The summed E-state index contributed by atoms with van der Waals surface area (Å²) < 4.78 is 18.1. The highest BCUT2D eigenvalue weighted by molar-refractivity contribution is 5.76. The smallest absolute Gasteiger partial charge is 0.345 e. The Labute approximate surface area is 82.7 Å². The van der Waals surface area contributed by atoms with Crippen LogP contribution in [0.1, 0.15) is 24.2 Å². The molecular formula is C11H13FO2. The maximum absolute atomic E-state index is 13.5. The molecule has 1 aromatic carbocycles.